The van der Waals surface area contributed by atoms with Crippen LogP contribution >= 0.6 is 15.9 Å². The van der Waals surface area contributed by atoms with E-state index in [1.807, 2.05) is 42.5 Å². The molecule has 0 fully saturated rings. The standard InChI is InChI=1S/C14H10BrN3O/c15-10-3-1-9(2-4-10)8-16-11-5-6-12-13(7-11)18-14(19)17-12/h1-8H,(H2,17,18,19). The highest BCUT2D eigenvalue weighted by molar-refractivity contribution is 9.10. The number of rotatable bonds is 2. The number of H-pyrrole nitrogens is 2. The van der Waals surface area contributed by atoms with Gasteiger partial charge in [-0.15, -0.1) is 0 Å². The van der Waals surface area contributed by atoms with E-state index < -0.39 is 0 Å². The van der Waals surface area contributed by atoms with Gasteiger partial charge in [0.25, 0.3) is 0 Å². The van der Waals surface area contributed by atoms with Crippen LogP contribution in [0.25, 0.3) is 11.0 Å². The molecule has 0 aliphatic carbocycles. The molecule has 94 valence electrons. The fourth-order valence-electron chi connectivity index (χ4n) is 1.80. The first-order chi connectivity index (χ1) is 9.20. The molecular formula is C14H10BrN3O. The van der Waals surface area contributed by atoms with Gasteiger partial charge >= 0.3 is 5.69 Å². The van der Waals surface area contributed by atoms with Gasteiger partial charge in [0, 0.05) is 10.7 Å². The maximum atomic E-state index is 11.2. The van der Waals surface area contributed by atoms with Crippen molar-refractivity contribution in [2.75, 3.05) is 0 Å². The summed E-state index contributed by atoms with van der Waals surface area (Å²) in [5.74, 6) is 0. The molecule has 1 aromatic heterocycles. The van der Waals surface area contributed by atoms with Crippen LogP contribution in [0.5, 0.6) is 0 Å². The number of hydrogen-bond donors (Lipinski definition) is 2. The van der Waals surface area contributed by atoms with Crippen LogP contribution in [0.2, 0.25) is 0 Å². The van der Waals surface area contributed by atoms with Crippen molar-refractivity contribution in [3.8, 4) is 0 Å². The summed E-state index contributed by atoms with van der Waals surface area (Å²) in [7, 11) is 0. The Labute approximate surface area is 117 Å². The van der Waals surface area contributed by atoms with Crippen LogP contribution < -0.4 is 5.69 Å². The molecule has 2 N–H and O–H groups in total. The van der Waals surface area contributed by atoms with Crippen molar-refractivity contribution in [1.82, 2.24) is 9.97 Å². The van der Waals surface area contributed by atoms with Crippen LogP contribution in [-0.4, -0.2) is 16.2 Å². The monoisotopic (exact) mass is 315 g/mol. The van der Waals surface area contributed by atoms with E-state index in [4.69, 9.17) is 0 Å². The van der Waals surface area contributed by atoms with Gasteiger partial charge in [-0.2, -0.15) is 0 Å². The Morgan fingerprint density at radius 1 is 1.00 bits per heavy atom. The Morgan fingerprint density at radius 2 is 1.74 bits per heavy atom. The number of aromatic amines is 2. The van der Waals surface area contributed by atoms with Crippen molar-refractivity contribution >= 4 is 38.9 Å². The molecule has 0 saturated heterocycles. The zero-order valence-electron chi connectivity index (χ0n) is 9.85. The first-order valence-corrected chi connectivity index (χ1v) is 6.52. The lowest BCUT2D eigenvalue weighted by atomic mass is 10.2. The van der Waals surface area contributed by atoms with Gasteiger partial charge < -0.3 is 9.97 Å². The minimum Gasteiger partial charge on any atom is -0.306 e. The first-order valence-electron chi connectivity index (χ1n) is 5.72. The third-order valence-corrected chi connectivity index (χ3v) is 3.26. The molecule has 0 saturated carbocycles. The van der Waals surface area contributed by atoms with Crippen molar-refractivity contribution in [3.05, 3.63) is 63.0 Å². The van der Waals surface area contributed by atoms with E-state index in [2.05, 4.69) is 30.9 Å². The molecule has 0 amide bonds. The molecule has 0 unspecified atom stereocenters. The van der Waals surface area contributed by atoms with Crippen LogP contribution in [0.3, 0.4) is 0 Å². The summed E-state index contributed by atoms with van der Waals surface area (Å²) in [5, 5.41) is 0. The van der Waals surface area contributed by atoms with Crippen LogP contribution in [0.4, 0.5) is 5.69 Å². The van der Waals surface area contributed by atoms with Gasteiger partial charge in [-0.1, -0.05) is 28.1 Å². The van der Waals surface area contributed by atoms with Gasteiger partial charge in [-0.25, -0.2) is 4.79 Å². The number of fused-ring (bicyclic) bond motifs is 1. The van der Waals surface area contributed by atoms with E-state index in [0.29, 0.717) is 0 Å². The molecule has 0 aliphatic heterocycles. The summed E-state index contributed by atoms with van der Waals surface area (Å²) in [6, 6.07) is 13.4. The largest absolute Gasteiger partial charge is 0.323 e. The predicted molar refractivity (Wildman–Crippen MR) is 80.3 cm³/mol. The predicted octanol–water partition coefficient (Wildman–Crippen LogP) is 3.37. The average molecular weight is 316 g/mol. The Balaban J connectivity index is 1.91. The lowest BCUT2D eigenvalue weighted by Gasteiger charge is -1.95. The third-order valence-electron chi connectivity index (χ3n) is 2.73. The third kappa shape index (κ3) is 2.66. The summed E-state index contributed by atoms with van der Waals surface area (Å²) in [4.78, 5) is 21.0. The normalized spacial score (nSPS) is 11.4. The van der Waals surface area contributed by atoms with Crippen LogP contribution in [0.1, 0.15) is 5.56 Å². The maximum absolute atomic E-state index is 11.2. The summed E-state index contributed by atoms with van der Waals surface area (Å²) < 4.78 is 1.04. The number of halogens is 1. The lowest BCUT2D eigenvalue weighted by Crippen LogP contribution is -1.99. The minimum absolute atomic E-state index is 0.205. The van der Waals surface area contributed by atoms with Gasteiger partial charge in [-0.05, 0) is 35.9 Å². The smallest absolute Gasteiger partial charge is 0.306 e. The molecule has 0 spiro atoms. The number of benzene rings is 2. The summed E-state index contributed by atoms with van der Waals surface area (Å²) in [5.41, 5.74) is 3.16. The molecule has 0 atom stereocenters. The van der Waals surface area contributed by atoms with Crippen molar-refractivity contribution in [2.45, 2.75) is 0 Å². The van der Waals surface area contributed by atoms with Gasteiger partial charge in [0.2, 0.25) is 0 Å². The SMILES string of the molecule is O=c1[nH]c2ccc(N=Cc3ccc(Br)cc3)cc2[nH]1. The second-order valence-electron chi connectivity index (χ2n) is 4.12. The Bertz CT molecular complexity index is 799. The van der Waals surface area contributed by atoms with E-state index in [-0.39, 0.29) is 5.69 Å². The van der Waals surface area contributed by atoms with Crippen LogP contribution in [-0.2, 0) is 0 Å². The molecule has 0 aliphatic rings. The number of aliphatic imine (C=N–C) groups is 1. The van der Waals surface area contributed by atoms with Crippen molar-refractivity contribution in [3.63, 3.8) is 0 Å². The zero-order chi connectivity index (χ0) is 13.2. The highest BCUT2D eigenvalue weighted by atomic mass is 79.9. The molecule has 4 nitrogen and oxygen atoms in total. The van der Waals surface area contributed by atoms with Gasteiger partial charge in [-0.3, -0.25) is 4.99 Å². The van der Waals surface area contributed by atoms with Crippen LogP contribution in [0, 0.1) is 0 Å². The lowest BCUT2D eigenvalue weighted by molar-refractivity contribution is 1.21. The molecule has 3 aromatic rings. The fraction of sp³-hybridized carbons (Fsp3) is 0. The van der Waals surface area contributed by atoms with E-state index in [9.17, 15) is 4.79 Å². The summed E-state index contributed by atoms with van der Waals surface area (Å²) in [6.07, 6.45) is 1.79. The Hall–Kier alpha value is -2.14. The van der Waals surface area contributed by atoms with Gasteiger partial charge in [0.1, 0.15) is 0 Å². The Kier molecular flexibility index (Phi) is 3.05. The molecule has 0 radical (unpaired) electrons. The quantitative estimate of drug-likeness (QED) is 0.700. The van der Waals surface area contributed by atoms with E-state index in [1.165, 1.54) is 0 Å². The maximum Gasteiger partial charge on any atom is 0.323 e. The van der Waals surface area contributed by atoms with Gasteiger partial charge in [0.15, 0.2) is 0 Å². The van der Waals surface area contributed by atoms with E-state index >= 15 is 0 Å². The topological polar surface area (TPSA) is 61.0 Å². The molecular weight excluding hydrogens is 306 g/mol. The molecule has 19 heavy (non-hydrogen) atoms. The minimum atomic E-state index is -0.205. The zero-order valence-corrected chi connectivity index (χ0v) is 11.4. The molecule has 1 heterocycles. The fourth-order valence-corrected chi connectivity index (χ4v) is 2.06. The number of nitrogens with one attached hydrogen (secondary N) is 2. The second kappa shape index (κ2) is 4.85. The van der Waals surface area contributed by atoms with Crippen molar-refractivity contribution < 1.29 is 0 Å². The Morgan fingerprint density at radius 3 is 2.53 bits per heavy atom. The number of hydrogen-bond acceptors (Lipinski definition) is 2. The summed E-state index contributed by atoms with van der Waals surface area (Å²) in [6.45, 7) is 0. The van der Waals surface area contributed by atoms with E-state index in [0.717, 1.165) is 26.8 Å². The molecule has 5 heteroatoms. The molecule has 3 rings (SSSR count). The number of imidazole rings is 1. The molecule has 0 bridgehead atoms. The number of aromatic nitrogens is 2. The highest BCUT2D eigenvalue weighted by Gasteiger charge is 1.98. The van der Waals surface area contributed by atoms with Crippen molar-refractivity contribution in [2.24, 2.45) is 4.99 Å². The van der Waals surface area contributed by atoms with Crippen molar-refractivity contribution in [1.29, 1.82) is 0 Å². The first kappa shape index (κ1) is 11.9. The number of nitrogens with zero attached hydrogens (tertiary/aromatic N) is 1. The van der Waals surface area contributed by atoms with Crippen LogP contribution in [0.15, 0.2) is 56.7 Å². The van der Waals surface area contributed by atoms with E-state index in [1.54, 1.807) is 6.21 Å². The summed E-state index contributed by atoms with van der Waals surface area (Å²) >= 11 is 3.39. The highest BCUT2D eigenvalue weighted by Crippen LogP contribution is 2.17. The average Bonchev–Trinajstić information content (AvgIpc) is 2.77. The second-order valence-corrected chi connectivity index (χ2v) is 5.03. The molecule has 2 aromatic carbocycles. The van der Waals surface area contributed by atoms with Gasteiger partial charge in [0.05, 0.1) is 16.7 Å².